The van der Waals surface area contributed by atoms with Crippen LogP contribution in [0.3, 0.4) is 0 Å². The van der Waals surface area contributed by atoms with E-state index in [-0.39, 0.29) is 0 Å². The minimum absolute atomic E-state index is 0.357. The molecule has 0 aromatic rings. The zero-order valence-electron chi connectivity index (χ0n) is 8.55. The van der Waals surface area contributed by atoms with Crippen molar-refractivity contribution in [2.24, 2.45) is 5.92 Å². The standard InChI is InChI=1S/C8H20O2Si2/c1-11(2)6-8(5-9)7-12(3,4)10-11/h8-9H,5-7H2,1-4H3. The molecule has 2 nitrogen and oxygen atoms in total. The SMILES string of the molecule is C[Si]1(C)CC(CO)C[Si](C)(C)O1. The summed E-state index contributed by atoms with van der Waals surface area (Å²) < 4.78 is 6.16. The van der Waals surface area contributed by atoms with Crippen molar-refractivity contribution in [3.05, 3.63) is 0 Å². The zero-order chi connectivity index (χ0) is 9.41. The Morgan fingerprint density at radius 1 is 1.17 bits per heavy atom. The smallest absolute Gasteiger partial charge is 0.173 e. The van der Waals surface area contributed by atoms with Crippen LogP contribution in [-0.2, 0) is 4.12 Å². The highest BCUT2D eigenvalue weighted by Gasteiger charge is 2.41. The van der Waals surface area contributed by atoms with Crippen LogP contribution < -0.4 is 0 Å². The monoisotopic (exact) mass is 204 g/mol. The van der Waals surface area contributed by atoms with Gasteiger partial charge in [-0.05, 0) is 44.2 Å². The van der Waals surface area contributed by atoms with Crippen LogP contribution in [0.25, 0.3) is 0 Å². The van der Waals surface area contributed by atoms with Crippen LogP contribution in [0.4, 0.5) is 0 Å². The van der Waals surface area contributed by atoms with Gasteiger partial charge in [0.15, 0.2) is 16.6 Å². The van der Waals surface area contributed by atoms with E-state index in [1.165, 1.54) is 0 Å². The zero-order valence-corrected chi connectivity index (χ0v) is 10.6. The molecule has 0 amide bonds. The van der Waals surface area contributed by atoms with Crippen LogP contribution in [0.15, 0.2) is 0 Å². The van der Waals surface area contributed by atoms with Crippen LogP contribution in [0.1, 0.15) is 0 Å². The third kappa shape index (κ3) is 2.69. The Morgan fingerprint density at radius 2 is 1.58 bits per heavy atom. The minimum Gasteiger partial charge on any atom is -0.455 e. The molecule has 1 rings (SSSR count). The van der Waals surface area contributed by atoms with Crippen molar-refractivity contribution in [1.29, 1.82) is 0 Å². The fourth-order valence-corrected chi connectivity index (χ4v) is 12.7. The molecule has 0 aromatic carbocycles. The van der Waals surface area contributed by atoms with Gasteiger partial charge in [0.05, 0.1) is 0 Å². The van der Waals surface area contributed by atoms with E-state index in [4.69, 9.17) is 9.22 Å². The molecule has 1 heterocycles. The van der Waals surface area contributed by atoms with E-state index in [0.29, 0.717) is 12.5 Å². The second-order valence-corrected chi connectivity index (χ2v) is 13.8. The lowest BCUT2D eigenvalue weighted by molar-refractivity contribution is 0.235. The van der Waals surface area contributed by atoms with Crippen LogP contribution >= 0.6 is 0 Å². The van der Waals surface area contributed by atoms with E-state index in [1.807, 2.05) is 0 Å². The van der Waals surface area contributed by atoms with Gasteiger partial charge in [0.25, 0.3) is 0 Å². The van der Waals surface area contributed by atoms with Gasteiger partial charge in [0.1, 0.15) is 0 Å². The first-order valence-corrected chi connectivity index (χ1v) is 10.9. The summed E-state index contributed by atoms with van der Waals surface area (Å²) in [6, 6.07) is 2.28. The predicted molar refractivity (Wildman–Crippen MR) is 56.2 cm³/mol. The lowest BCUT2D eigenvalue weighted by Crippen LogP contribution is -2.51. The summed E-state index contributed by atoms with van der Waals surface area (Å²) in [6.45, 7) is 9.43. The average Bonchev–Trinajstić information content (AvgIpc) is 1.80. The summed E-state index contributed by atoms with van der Waals surface area (Å²) in [7, 11) is -2.82. The summed E-state index contributed by atoms with van der Waals surface area (Å²) in [5.41, 5.74) is 0. The van der Waals surface area contributed by atoms with E-state index < -0.39 is 16.6 Å². The van der Waals surface area contributed by atoms with Gasteiger partial charge in [-0.2, -0.15) is 0 Å². The second kappa shape index (κ2) is 3.25. The van der Waals surface area contributed by atoms with E-state index in [9.17, 15) is 0 Å². The normalized spacial score (nSPS) is 28.8. The molecule has 1 aliphatic heterocycles. The first kappa shape index (κ1) is 10.4. The van der Waals surface area contributed by atoms with Gasteiger partial charge in [-0.15, -0.1) is 0 Å². The second-order valence-electron chi connectivity index (χ2n) is 5.08. The third-order valence-electron chi connectivity index (χ3n) is 2.37. The summed E-state index contributed by atoms with van der Waals surface area (Å²) in [4.78, 5) is 0. The van der Waals surface area contributed by atoms with Crippen LogP contribution in [0.5, 0.6) is 0 Å². The number of aliphatic hydroxyl groups excluding tert-OH is 1. The molecular weight excluding hydrogens is 184 g/mol. The van der Waals surface area contributed by atoms with Gasteiger partial charge in [-0.1, -0.05) is 0 Å². The van der Waals surface area contributed by atoms with Crippen LogP contribution in [-0.4, -0.2) is 28.3 Å². The summed E-state index contributed by atoms with van der Waals surface area (Å²) >= 11 is 0. The fraction of sp³-hybridized carbons (Fsp3) is 1.00. The van der Waals surface area contributed by atoms with Crippen molar-refractivity contribution >= 4 is 16.6 Å². The third-order valence-corrected chi connectivity index (χ3v) is 9.91. The maximum absolute atomic E-state index is 9.14. The van der Waals surface area contributed by atoms with Gasteiger partial charge >= 0.3 is 0 Å². The quantitative estimate of drug-likeness (QED) is 0.662. The van der Waals surface area contributed by atoms with Crippen LogP contribution in [0, 0.1) is 5.92 Å². The van der Waals surface area contributed by atoms with Crippen molar-refractivity contribution in [3.63, 3.8) is 0 Å². The molecule has 0 bridgehead atoms. The lowest BCUT2D eigenvalue weighted by Gasteiger charge is -2.42. The Hall–Kier alpha value is 0.354. The van der Waals surface area contributed by atoms with Crippen molar-refractivity contribution in [2.75, 3.05) is 6.61 Å². The minimum atomic E-state index is -1.41. The Kier molecular flexibility index (Phi) is 2.83. The molecule has 72 valence electrons. The van der Waals surface area contributed by atoms with E-state index >= 15 is 0 Å². The molecule has 0 spiro atoms. The Morgan fingerprint density at radius 3 is 1.92 bits per heavy atom. The van der Waals surface area contributed by atoms with Crippen molar-refractivity contribution in [1.82, 2.24) is 0 Å². The number of hydrogen-bond donors (Lipinski definition) is 1. The summed E-state index contributed by atoms with van der Waals surface area (Å²) in [5.74, 6) is 0.530. The van der Waals surface area contributed by atoms with Gasteiger partial charge in [0.2, 0.25) is 0 Å². The first-order chi connectivity index (χ1) is 5.35. The van der Waals surface area contributed by atoms with Crippen LogP contribution in [0.2, 0.25) is 38.3 Å². The first-order valence-electron chi connectivity index (χ1n) is 4.66. The number of aliphatic hydroxyl groups is 1. The molecule has 4 heteroatoms. The topological polar surface area (TPSA) is 29.5 Å². The van der Waals surface area contributed by atoms with E-state index in [0.717, 1.165) is 12.1 Å². The number of hydrogen-bond acceptors (Lipinski definition) is 2. The summed E-state index contributed by atoms with van der Waals surface area (Å²) in [5, 5.41) is 9.14. The molecule has 0 aliphatic carbocycles. The molecule has 1 saturated heterocycles. The molecule has 0 saturated carbocycles. The predicted octanol–water partition coefficient (Wildman–Crippen LogP) is 2.04. The Labute approximate surface area is 77.2 Å². The maximum Gasteiger partial charge on any atom is 0.173 e. The summed E-state index contributed by atoms with van der Waals surface area (Å²) in [6.07, 6.45) is 0. The number of rotatable bonds is 1. The molecular formula is C8H20O2Si2. The lowest BCUT2D eigenvalue weighted by atomic mass is 10.2. The molecule has 0 radical (unpaired) electrons. The molecule has 0 atom stereocenters. The average molecular weight is 204 g/mol. The van der Waals surface area contributed by atoms with Gasteiger partial charge in [0, 0.05) is 6.61 Å². The highest BCUT2D eigenvalue weighted by Crippen LogP contribution is 2.35. The maximum atomic E-state index is 9.14. The highest BCUT2D eigenvalue weighted by molar-refractivity contribution is 6.86. The van der Waals surface area contributed by atoms with Gasteiger partial charge in [-0.3, -0.25) is 0 Å². The molecule has 0 aromatic heterocycles. The van der Waals surface area contributed by atoms with E-state index in [1.54, 1.807) is 0 Å². The molecule has 1 aliphatic rings. The molecule has 1 fully saturated rings. The molecule has 12 heavy (non-hydrogen) atoms. The van der Waals surface area contributed by atoms with Gasteiger partial charge < -0.3 is 9.22 Å². The molecule has 0 unspecified atom stereocenters. The van der Waals surface area contributed by atoms with Crippen molar-refractivity contribution in [2.45, 2.75) is 38.3 Å². The largest absolute Gasteiger partial charge is 0.455 e. The van der Waals surface area contributed by atoms with Gasteiger partial charge in [-0.25, -0.2) is 0 Å². The Balaban J connectivity index is 2.66. The Bertz CT molecular complexity index is 152. The fourth-order valence-electron chi connectivity index (χ4n) is 2.42. The van der Waals surface area contributed by atoms with E-state index in [2.05, 4.69) is 26.2 Å². The van der Waals surface area contributed by atoms with Crippen molar-refractivity contribution in [3.8, 4) is 0 Å². The molecule has 1 N–H and O–H groups in total. The van der Waals surface area contributed by atoms with Crippen molar-refractivity contribution < 1.29 is 9.22 Å². The highest BCUT2D eigenvalue weighted by atomic mass is 28.4.